The van der Waals surface area contributed by atoms with Gasteiger partial charge in [0.1, 0.15) is 0 Å². The van der Waals surface area contributed by atoms with Crippen molar-refractivity contribution in [1.29, 1.82) is 0 Å². The topological polar surface area (TPSA) is 0 Å². The smallest absolute Gasteiger partial charge is 0.0132 e. The van der Waals surface area contributed by atoms with Crippen LogP contribution in [0.5, 0.6) is 0 Å². The van der Waals surface area contributed by atoms with Crippen molar-refractivity contribution >= 4 is 59.9 Å². The van der Waals surface area contributed by atoms with Crippen LogP contribution in [-0.4, -0.2) is 3.26 Å². The number of hydrogen-bond acceptors (Lipinski definition) is 0. The molecule has 6 rings (SSSR count). The maximum absolute atomic E-state index is 3.53. The molecule has 2 aliphatic rings. The van der Waals surface area contributed by atoms with Crippen molar-refractivity contribution in [2.75, 3.05) is 0 Å². The standard InChI is InChI=1S/C21H25.C13H8Br2.C5H5.2ClH.Hf/c1-20(2,3)16-9-7-14-11-15-8-10-17(21(4,5)6)13-19(15)18(14)12-16;14-12-5-1-10(2-6-12)9-11-3-7-13(15)8-4-11;1-2-4-5-3-1;;;/h7,9-10,12-13H,11H2,1-6H3;1-8H;1-3H,4H2;2*1H;/q-1;;-1;;;+2. The molecule has 44 heavy (non-hydrogen) atoms. The van der Waals surface area contributed by atoms with Crippen LogP contribution in [0.1, 0.15) is 81.3 Å². The number of halogens is 4. The first-order chi connectivity index (χ1) is 19.8. The first-order valence-electron chi connectivity index (χ1n) is 14.3. The van der Waals surface area contributed by atoms with Gasteiger partial charge in [0.25, 0.3) is 0 Å². The molecule has 0 N–H and O–H groups in total. The van der Waals surface area contributed by atoms with Crippen molar-refractivity contribution in [1.82, 2.24) is 0 Å². The predicted octanol–water partition coefficient (Wildman–Crippen LogP) is 12.1. The van der Waals surface area contributed by atoms with E-state index in [1.807, 2.05) is 12.2 Å². The van der Waals surface area contributed by atoms with Crippen LogP contribution in [-0.2, 0) is 41.1 Å². The zero-order valence-corrected chi connectivity index (χ0v) is 34.6. The van der Waals surface area contributed by atoms with Crippen LogP contribution in [0.2, 0.25) is 0 Å². The van der Waals surface area contributed by atoms with Gasteiger partial charge in [-0.15, -0.1) is 36.8 Å². The molecule has 5 heteroatoms. The van der Waals surface area contributed by atoms with Crippen molar-refractivity contribution in [3.63, 3.8) is 0 Å². The molecule has 0 saturated carbocycles. The third-order valence-electron chi connectivity index (χ3n) is 7.38. The van der Waals surface area contributed by atoms with Gasteiger partial charge in [-0.3, -0.25) is 6.08 Å². The summed E-state index contributed by atoms with van der Waals surface area (Å²) in [6.07, 6.45) is 11.0. The number of fused-ring (bicyclic) bond motifs is 3. The second kappa shape index (κ2) is 17.0. The fourth-order valence-corrected chi connectivity index (χ4v) is 6.45. The van der Waals surface area contributed by atoms with Crippen LogP contribution in [0.25, 0.3) is 11.1 Å². The Hall–Kier alpha value is -1.36. The van der Waals surface area contributed by atoms with Gasteiger partial charge in [0.15, 0.2) is 0 Å². The largest absolute Gasteiger partial charge is 0.273 e. The van der Waals surface area contributed by atoms with E-state index >= 15 is 0 Å². The number of rotatable bonds is 2. The molecule has 0 nitrogen and oxygen atoms in total. The normalized spacial score (nSPS) is 12.4. The molecule has 0 spiro atoms. The van der Waals surface area contributed by atoms with Crippen molar-refractivity contribution in [3.8, 4) is 11.1 Å². The molecule has 0 atom stereocenters. The van der Waals surface area contributed by atoms with Crippen LogP contribution < -0.4 is 0 Å². The third kappa shape index (κ3) is 10.6. The predicted molar refractivity (Wildman–Crippen MR) is 198 cm³/mol. The Bertz CT molecular complexity index is 1490. The Morgan fingerprint density at radius 3 is 1.66 bits per heavy atom. The van der Waals surface area contributed by atoms with Crippen LogP contribution >= 0.6 is 56.7 Å². The first kappa shape index (κ1) is 38.8. The second-order valence-electron chi connectivity index (χ2n) is 12.7. The maximum atomic E-state index is 3.53. The summed E-state index contributed by atoms with van der Waals surface area (Å²) in [5, 5.41) is 0. The minimum atomic E-state index is 0. The maximum Gasteiger partial charge on any atom is -0.0132 e. The second-order valence-corrected chi connectivity index (χ2v) is 16.3. The number of hydrogen-bond donors (Lipinski definition) is 0. The minimum absolute atomic E-state index is 0. The molecule has 4 aromatic rings. The number of allylic oxidation sites excluding steroid dienone is 4. The van der Waals surface area contributed by atoms with Crippen molar-refractivity contribution in [3.05, 3.63) is 152 Å². The molecule has 2 aliphatic carbocycles. The molecule has 0 aliphatic heterocycles. The summed E-state index contributed by atoms with van der Waals surface area (Å²) in [4.78, 5) is 0. The summed E-state index contributed by atoms with van der Waals surface area (Å²) >= 11 is 7.96. The molecule has 0 aromatic heterocycles. The number of benzene rings is 4. The fourth-order valence-electron chi connectivity index (χ4n) is 4.72. The van der Waals surface area contributed by atoms with Crippen LogP contribution in [0.3, 0.4) is 0 Å². The zero-order valence-electron chi connectivity index (χ0n) is 26.2. The Balaban J connectivity index is 0.000000260. The molecule has 0 unspecified atom stereocenters. The quantitative estimate of drug-likeness (QED) is 0.122. The van der Waals surface area contributed by atoms with E-state index in [-0.39, 0.29) is 35.6 Å². The Kier molecular flexibility index (Phi) is 15.0. The van der Waals surface area contributed by atoms with Gasteiger partial charge in [-0.05, 0) is 17.4 Å². The van der Waals surface area contributed by atoms with Crippen LogP contribution in [0.4, 0.5) is 0 Å². The summed E-state index contributed by atoms with van der Waals surface area (Å²) in [6.45, 7) is 13.6. The van der Waals surface area contributed by atoms with Gasteiger partial charge < -0.3 is 0 Å². The molecule has 0 fully saturated rings. The summed E-state index contributed by atoms with van der Waals surface area (Å²) in [5.74, 6) is 0. The van der Waals surface area contributed by atoms with E-state index in [4.69, 9.17) is 0 Å². The molecule has 0 heterocycles. The van der Waals surface area contributed by atoms with E-state index < -0.39 is 0 Å². The zero-order chi connectivity index (χ0) is 30.5. The Labute approximate surface area is 309 Å². The van der Waals surface area contributed by atoms with Crippen molar-refractivity contribution < 1.29 is 23.9 Å². The molecular weight excluding hydrogens is 878 g/mol. The van der Waals surface area contributed by atoms with Crippen molar-refractivity contribution in [2.24, 2.45) is 0 Å². The van der Waals surface area contributed by atoms with Gasteiger partial charge in [0, 0.05) is 0 Å². The molecule has 228 valence electrons. The monoisotopic (exact) mass is 916 g/mol. The van der Waals surface area contributed by atoms with E-state index in [9.17, 15) is 0 Å². The average Bonchev–Trinajstić information content (AvgIpc) is 3.64. The molecule has 0 amide bonds. The van der Waals surface area contributed by atoms with Crippen LogP contribution in [0, 0.1) is 12.1 Å². The van der Waals surface area contributed by atoms with E-state index in [0.29, 0.717) is 0 Å². The molecular formula is C39H40Br2Cl2Hf. The van der Waals surface area contributed by atoms with Gasteiger partial charge >= 0.3 is 128 Å². The summed E-state index contributed by atoms with van der Waals surface area (Å²) in [6, 6.07) is 32.1. The SMILES string of the molecule is Brc1ccc([C](=[Hf+2])c2ccc(Br)cc2)cc1.CC(C)(C)c1c[c-]c2c(c1)-c1cc(C(C)(C)C)ccc1C2.Cl.Cl.[C-]1=CC=CC1. The minimum Gasteiger partial charge on any atom is -0.273 e. The Morgan fingerprint density at radius 2 is 1.23 bits per heavy atom. The molecule has 0 bridgehead atoms. The van der Waals surface area contributed by atoms with Crippen LogP contribution in [0.15, 0.2) is 106 Å². The summed E-state index contributed by atoms with van der Waals surface area (Å²) in [7, 11) is 0. The Morgan fingerprint density at radius 1 is 0.705 bits per heavy atom. The fraction of sp³-hybridized carbons (Fsp3) is 0.256. The van der Waals surface area contributed by atoms with Gasteiger partial charge in [-0.2, -0.15) is 35.4 Å². The van der Waals surface area contributed by atoms with E-state index in [2.05, 4.69) is 170 Å². The van der Waals surface area contributed by atoms with Gasteiger partial charge in [0.05, 0.1) is 0 Å². The van der Waals surface area contributed by atoms with E-state index in [0.717, 1.165) is 45.7 Å². The molecule has 0 saturated heterocycles. The summed E-state index contributed by atoms with van der Waals surface area (Å²) < 4.78 is 3.68. The first-order valence-corrected chi connectivity index (χ1v) is 17.7. The van der Waals surface area contributed by atoms with Gasteiger partial charge in [-0.25, -0.2) is 12.2 Å². The summed E-state index contributed by atoms with van der Waals surface area (Å²) in [5.41, 5.74) is 11.4. The third-order valence-corrected chi connectivity index (χ3v) is 10.5. The average molecular weight is 918 g/mol. The van der Waals surface area contributed by atoms with E-state index in [1.54, 1.807) is 0 Å². The van der Waals surface area contributed by atoms with E-state index in [1.165, 1.54) is 47.8 Å². The van der Waals surface area contributed by atoms with Gasteiger partial charge in [0.2, 0.25) is 0 Å². The molecule has 0 radical (unpaired) electrons. The van der Waals surface area contributed by atoms with Gasteiger partial charge in [-0.1, -0.05) is 76.3 Å². The molecule has 4 aromatic carbocycles. The van der Waals surface area contributed by atoms with Crippen molar-refractivity contribution in [2.45, 2.75) is 65.2 Å².